The monoisotopic (exact) mass is 320 g/mol. The first-order chi connectivity index (χ1) is 11.3. The van der Waals surface area contributed by atoms with E-state index in [9.17, 15) is 4.79 Å². The van der Waals surface area contributed by atoms with Gasteiger partial charge in [0.05, 0.1) is 12.7 Å². The Balaban J connectivity index is 1.84. The second-order valence-corrected chi connectivity index (χ2v) is 5.87. The zero-order valence-electron chi connectivity index (χ0n) is 13.9. The number of ether oxygens (including phenoxy) is 2. The highest BCUT2D eigenvalue weighted by molar-refractivity contribution is 5.82. The van der Waals surface area contributed by atoms with E-state index in [1.807, 2.05) is 30.3 Å². The highest BCUT2D eigenvalue weighted by Gasteiger charge is 2.26. The molecular formula is C18H28N2O3. The number of amides is 1. The summed E-state index contributed by atoms with van der Waals surface area (Å²) in [4.78, 5) is 12.5. The molecule has 1 aromatic carbocycles. The Morgan fingerprint density at radius 3 is 2.61 bits per heavy atom. The Hall–Kier alpha value is -1.43. The Kier molecular flexibility index (Phi) is 8.07. The molecule has 2 N–H and O–H groups in total. The van der Waals surface area contributed by atoms with E-state index < -0.39 is 6.10 Å². The van der Waals surface area contributed by atoms with Gasteiger partial charge in [-0.05, 0) is 18.4 Å². The number of rotatable bonds is 10. The third-order valence-electron chi connectivity index (χ3n) is 4.06. The van der Waals surface area contributed by atoms with Gasteiger partial charge in [0.1, 0.15) is 0 Å². The van der Waals surface area contributed by atoms with Crippen LogP contribution in [0, 0.1) is 0 Å². The summed E-state index contributed by atoms with van der Waals surface area (Å²) in [5.74, 6) is -0.0587. The van der Waals surface area contributed by atoms with Gasteiger partial charge in [-0.15, -0.1) is 0 Å². The molecule has 1 aromatic rings. The van der Waals surface area contributed by atoms with E-state index in [0.29, 0.717) is 13.2 Å². The summed E-state index contributed by atoms with van der Waals surface area (Å²) >= 11 is 0. The average molecular weight is 320 g/mol. The fraction of sp³-hybridized carbons (Fsp3) is 0.611. The maximum atomic E-state index is 12.5. The van der Waals surface area contributed by atoms with Crippen molar-refractivity contribution in [3.8, 4) is 0 Å². The quantitative estimate of drug-likeness (QED) is 0.648. The summed E-state index contributed by atoms with van der Waals surface area (Å²) in [6.45, 7) is 2.76. The van der Waals surface area contributed by atoms with Gasteiger partial charge in [-0.25, -0.2) is 0 Å². The van der Waals surface area contributed by atoms with Crippen molar-refractivity contribution < 1.29 is 14.3 Å². The largest absolute Gasteiger partial charge is 0.383 e. The Bertz CT molecular complexity index is 447. The zero-order valence-corrected chi connectivity index (χ0v) is 13.9. The van der Waals surface area contributed by atoms with Crippen molar-refractivity contribution in [3.63, 3.8) is 0 Å². The molecule has 1 aliphatic rings. The minimum Gasteiger partial charge on any atom is -0.383 e. The highest BCUT2D eigenvalue weighted by atomic mass is 16.5. The molecule has 0 aromatic heterocycles. The van der Waals surface area contributed by atoms with Crippen molar-refractivity contribution in [2.75, 3.05) is 33.4 Å². The molecule has 0 heterocycles. The summed E-state index contributed by atoms with van der Waals surface area (Å²) in [7, 11) is 1.67. The lowest BCUT2D eigenvalue weighted by Crippen LogP contribution is -2.37. The lowest BCUT2D eigenvalue weighted by molar-refractivity contribution is -0.137. The first kappa shape index (κ1) is 17.9. The number of methoxy groups -OCH3 is 1. The van der Waals surface area contributed by atoms with Gasteiger partial charge >= 0.3 is 0 Å². The molecule has 0 radical (unpaired) electrons. The van der Waals surface area contributed by atoms with Gasteiger partial charge in [0.25, 0.3) is 5.91 Å². The molecule has 128 valence electrons. The highest BCUT2D eigenvalue weighted by Crippen LogP contribution is 2.27. The van der Waals surface area contributed by atoms with Gasteiger partial charge in [0, 0.05) is 26.7 Å². The Morgan fingerprint density at radius 2 is 1.91 bits per heavy atom. The Morgan fingerprint density at radius 1 is 1.17 bits per heavy atom. The lowest BCUT2D eigenvalue weighted by Gasteiger charge is -2.22. The molecule has 0 bridgehead atoms. The van der Waals surface area contributed by atoms with E-state index in [1.54, 1.807) is 7.11 Å². The van der Waals surface area contributed by atoms with Crippen LogP contribution < -0.4 is 10.6 Å². The predicted octanol–water partition coefficient (Wildman–Crippen LogP) is 2.04. The van der Waals surface area contributed by atoms with Crippen molar-refractivity contribution in [3.05, 3.63) is 35.9 Å². The molecule has 5 heteroatoms. The van der Waals surface area contributed by atoms with Crippen LogP contribution in [0.25, 0.3) is 0 Å². The van der Waals surface area contributed by atoms with Crippen LogP contribution in [0.3, 0.4) is 0 Å². The van der Waals surface area contributed by atoms with Crippen LogP contribution in [0.4, 0.5) is 0 Å². The van der Waals surface area contributed by atoms with Gasteiger partial charge in [0.2, 0.25) is 0 Å². The molecule has 1 atom stereocenters. The molecule has 1 amide bonds. The van der Waals surface area contributed by atoms with Crippen LogP contribution >= 0.6 is 0 Å². The molecule has 5 nitrogen and oxygen atoms in total. The van der Waals surface area contributed by atoms with Gasteiger partial charge in [-0.3, -0.25) is 4.79 Å². The first-order valence-corrected chi connectivity index (χ1v) is 8.49. The summed E-state index contributed by atoms with van der Waals surface area (Å²) < 4.78 is 11.1. The van der Waals surface area contributed by atoms with E-state index in [1.165, 1.54) is 12.8 Å². The molecule has 0 saturated heterocycles. The molecule has 2 rings (SSSR count). The van der Waals surface area contributed by atoms with Crippen molar-refractivity contribution >= 4 is 5.91 Å². The fourth-order valence-electron chi connectivity index (χ4n) is 2.80. The standard InChI is InChI=1S/C18H28N2O3/c1-22-14-13-19-11-12-20-18(21)17(15-7-3-2-4-8-15)23-16-9-5-6-10-16/h2-4,7-8,16-17,19H,5-6,9-14H2,1H3,(H,20,21). The van der Waals surface area contributed by atoms with E-state index >= 15 is 0 Å². The molecule has 0 aliphatic heterocycles. The number of nitrogens with one attached hydrogen (secondary N) is 2. The second-order valence-electron chi connectivity index (χ2n) is 5.87. The third kappa shape index (κ3) is 6.29. The Labute approximate surface area is 138 Å². The molecule has 1 aliphatic carbocycles. The predicted molar refractivity (Wildman–Crippen MR) is 90.3 cm³/mol. The SMILES string of the molecule is COCCNCCNC(=O)C(OC1CCCC1)c1ccccc1. The zero-order chi connectivity index (χ0) is 16.3. The van der Waals surface area contributed by atoms with E-state index in [2.05, 4.69) is 10.6 Å². The number of carbonyl (C=O) groups excluding carboxylic acids is 1. The van der Waals surface area contributed by atoms with Crippen molar-refractivity contribution in [1.82, 2.24) is 10.6 Å². The minimum absolute atomic E-state index is 0.0587. The van der Waals surface area contributed by atoms with Gasteiger partial charge in [-0.1, -0.05) is 43.2 Å². The summed E-state index contributed by atoms with van der Waals surface area (Å²) in [5, 5.41) is 6.18. The van der Waals surface area contributed by atoms with Crippen LogP contribution in [-0.4, -0.2) is 45.4 Å². The van der Waals surface area contributed by atoms with Gasteiger partial charge < -0.3 is 20.1 Å². The normalized spacial score (nSPS) is 16.4. The summed E-state index contributed by atoms with van der Waals surface area (Å²) in [6, 6.07) is 9.75. The third-order valence-corrected chi connectivity index (χ3v) is 4.06. The number of hydrogen-bond acceptors (Lipinski definition) is 4. The maximum Gasteiger partial charge on any atom is 0.253 e. The first-order valence-electron chi connectivity index (χ1n) is 8.49. The molecule has 1 fully saturated rings. The number of hydrogen-bond donors (Lipinski definition) is 2. The lowest BCUT2D eigenvalue weighted by atomic mass is 10.1. The van der Waals surface area contributed by atoms with E-state index in [-0.39, 0.29) is 12.0 Å². The minimum atomic E-state index is -0.515. The maximum absolute atomic E-state index is 12.5. The van der Waals surface area contributed by atoms with Crippen molar-refractivity contribution in [2.24, 2.45) is 0 Å². The summed E-state index contributed by atoms with van der Waals surface area (Å²) in [5.41, 5.74) is 0.921. The van der Waals surface area contributed by atoms with Crippen LogP contribution in [0.2, 0.25) is 0 Å². The van der Waals surface area contributed by atoms with Crippen molar-refractivity contribution in [1.29, 1.82) is 0 Å². The molecule has 0 spiro atoms. The number of carbonyl (C=O) groups is 1. The molecule has 23 heavy (non-hydrogen) atoms. The van der Waals surface area contributed by atoms with Gasteiger partial charge in [-0.2, -0.15) is 0 Å². The second kappa shape index (κ2) is 10.4. The van der Waals surface area contributed by atoms with Crippen LogP contribution in [0.15, 0.2) is 30.3 Å². The molecule has 1 saturated carbocycles. The van der Waals surface area contributed by atoms with E-state index in [0.717, 1.165) is 31.5 Å². The van der Waals surface area contributed by atoms with Crippen LogP contribution in [-0.2, 0) is 14.3 Å². The van der Waals surface area contributed by atoms with Crippen LogP contribution in [0.1, 0.15) is 37.4 Å². The number of benzene rings is 1. The fourth-order valence-corrected chi connectivity index (χ4v) is 2.80. The van der Waals surface area contributed by atoms with E-state index in [4.69, 9.17) is 9.47 Å². The molecular weight excluding hydrogens is 292 g/mol. The smallest absolute Gasteiger partial charge is 0.253 e. The van der Waals surface area contributed by atoms with Gasteiger partial charge in [0.15, 0.2) is 6.10 Å². The van der Waals surface area contributed by atoms with Crippen molar-refractivity contribution in [2.45, 2.75) is 37.9 Å². The topological polar surface area (TPSA) is 59.6 Å². The average Bonchev–Trinajstić information content (AvgIpc) is 3.09. The summed E-state index contributed by atoms with van der Waals surface area (Å²) in [6.07, 6.45) is 4.17. The molecule has 1 unspecified atom stereocenters. The van der Waals surface area contributed by atoms with Crippen LogP contribution in [0.5, 0.6) is 0 Å².